The number of hydrogen-bond donors (Lipinski definition) is 1. The number of carbonyl (C=O) groups excluding carboxylic acids is 1. The van der Waals surface area contributed by atoms with Crippen molar-refractivity contribution in [1.29, 1.82) is 0 Å². The Morgan fingerprint density at radius 1 is 1.16 bits per heavy atom. The van der Waals surface area contributed by atoms with Crippen LogP contribution in [0.1, 0.15) is 23.6 Å². The molecule has 0 spiro atoms. The molecule has 32 heavy (non-hydrogen) atoms. The first kappa shape index (κ1) is 24.8. The van der Waals surface area contributed by atoms with Crippen molar-refractivity contribution in [3.63, 3.8) is 0 Å². The summed E-state index contributed by atoms with van der Waals surface area (Å²) in [5, 5.41) is 9.91. The Balaban J connectivity index is 1.78. The lowest BCUT2D eigenvalue weighted by Crippen LogP contribution is -2.40. The van der Waals surface area contributed by atoms with Crippen LogP contribution >= 0.6 is 23.2 Å². The van der Waals surface area contributed by atoms with Crippen LogP contribution < -0.4 is 4.74 Å². The molecule has 1 aliphatic rings. The van der Waals surface area contributed by atoms with Crippen LogP contribution in [0.3, 0.4) is 0 Å². The first-order chi connectivity index (χ1) is 15.3. The van der Waals surface area contributed by atoms with Gasteiger partial charge in [-0.25, -0.2) is 0 Å². The van der Waals surface area contributed by atoms with Gasteiger partial charge in [-0.1, -0.05) is 41.4 Å². The first-order valence-corrected chi connectivity index (χ1v) is 11.5. The molecule has 1 saturated heterocycles. The summed E-state index contributed by atoms with van der Waals surface area (Å²) in [6.07, 6.45) is 1.36. The third kappa shape index (κ3) is 6.36. The molecule has 1 aliphatic heterocycles. The predicted octanol–water partition coefficient (Wildman–Crippen LogP) is 3.70. The molecule has 2 unspecified atom stereocenters. The van der Waals surface area contributed by atoms with Gasteiger partial charge in [0.2, 0.25) is 5.91 Å². The fourth-order valence-electron chi connectivity index (χ4n) is 4.08. The summed E-state index contributed by atoms with van der Waals surface area (Å²) in [6.45, 7) is 2.35. The Morgan fingerprint density at radius 2 is 1.88 bits per heavy atom. The zero-order valence-electron chi connectivity index (χ0n) is 18.8. The van der Waals surface area contributed by atoms with E-state index in [4.69, 9.17) is 33.0 Å². The number of benzene rings is 2. The summed E-state index contributed by atoms with van der Waals surface area (Å²) in [6, 6.07) is 13.3. The molecule has 174 valence electrons. The highest BCUT2D eigenvalue weighted by Crippen LogP contribution is 2.27. The molecule has 1 N–H and O–H groups in total. The van der Waals surface area contributed by atoms with Crippen molar-refractivity contribution in [2.24, 2.45) is 0 Å². The molecule has 6 nitrogen and oxygen atoms in total. The number of likely N-dealkylation sites (tertiary alicyclic amines) is 1. The average molecular weight is 480 g/mol. The van der Waals surface area contributed by atoms with E-state index in [1.54, 1.807) is 12.1 Å². The number of hydrogen-bond acceptors (Lipinski definition) is 5. The first-order valence-electron chi connectivity index (χ1n) is 10.7. The molecule has 2 aromatic carbocycles. The van der Waals surface area contributed by atoms with Crippen molar-refractivity contribution >= 4 is 29.1 Å². The normalized spacial score (nSPS) is 17.5. The molecule has 0 saturated carbocycles. The van der Waals surface area contributed by atoms with Gasteiger partial charge in [0.25, 0.3) is 0 Å². The molecule has 0 bridgehead atoms. The van der Waals surface area contributed by atoms with Crippen LogP contribution in [0.2, 0.25) is 10.0 Å². The Labute approximate surface area is 200 Å². The van der Waals surface area contributed by atoms with E-state index in [0.29, 0.717) is 21.8 Å². The van der Waals surface area contributed by atoms with Gasteiger partial charge in [-0.3, -0.25) is 9.69 Å². The fraction of sp³-hybridized carbons (Fsp3) is 0.458. The van der Waals surface area contributed by atoms with E-state index >= 15 is 0 Å². The maximum atomic E-state index is 13.2. The number of nitrogens with zero attached hydrogens (tertiary/aromatic N) is 3. The fourth-order valence-corrected chi connectivity index (χ4v) is 4.40. The lowest BCUT2D eigenvalue weighted by atomic mass is 10.0. The van der Waals surface area contributed by atoms with E-state index in [9.17, 15) is 4.79 Å². The van der Waals surface area contributed by atoms with Crippen molar-refractivity contribution in [3.05, 3.63) is 63.6 Å². The maximum absolute atomic E-state index is 13.2. The van der Waals surface area contributed by atoms with Gasteiger partial charge in [0.1, 0.15) is 5.75 Å². The van der Waals surface area contributed by atoms with Gasteiger partial charge in [-0.15, -0.1) is 0 Å². The van der Waals surface area contributed by atoms with E-state index in [2.05, 4.69) is 23.9 Å². The van der Waals surface area contributed by atoms with E-state index in [1.165, 1.54) is 0 Å². The predicted molar refractivity (Wildman–Crippen MR) is 128 cm³/mol. The molecule has 1 amide bonds. The average Bonchev–Trinajstić information content (AvgIpc) is 3.24. The second-order valence-corrected chi connectivity index (χ2v) is 9.27. The van der Waals surface area contributed by atoms with E-state index in [0.717, 1.165) is 37.2 Å². The Kier molecular flexibility index (Phi) is 8.79. The number of aliphatic hydroxyl groups excluding tert-OH is 1. The van der Waals surface area contributed by atoms with Crippen molar-refractivity contribution in [2.75, 3.05) is 47.6 Å². The van der Waals surface area contributed by atoms with Gasteiger partial charge in [-0.05, 0) is 62.5 Å². The van der Waals surface area contributed by atoms with Crippen LogP contribution in [-0.2, 0) is 11.2 Å². The topological polar surface area (TPSA) is 56.2 Å². The Bertz CT molecular complexity index is 908. The largest absolute Gasteiger partial charge is 0.468 e. The Morgan fingerprint density at radius 3 is 2.47 bits per heavy atom. The van der Waals surface area contributed by atoms with Crippen molar-refractivity contribution in [1.82, 2.24) is 14.7 Å². The standard InChI is InChI=1S/C24H31Cl2N3O3/c1-27(2)19-10-11-29(14-19)15-23(18-5-7-20(8-6-18)32-16-30)28(3)24(31)13-17-4-9-21(25)22(26)12-17/h4-9,12,19,23,30H,10-11,13-16H2,1-3H3. The summed E-state index contributed by atoms with van der Waals surface area (Å²) in [5.41, 5.74) is 1.85. The number of ether oxygens (including phenoxy) is 1. The molecule has 0 aliphatic carbocycles. The molecular formula is C24H31Cl2N3O3. The highest BCUT2D eigenvalue weighted by molar-refractivity contribution is 6.42. The molecule has 0 radical (unpaired) electrons. The number of likely N-dealkylation sites (N-methyl/N-ethyl adjacent to an activating group) is 2. The monoisotopic (exact) mass is 479 g/mol. The SMILES string of the molecule is CN(C)C1CCN(CC(c2ccc(OCO)cc2)N(C)C(=O)Cc2ccc(Cl)c(Cl)c2)C1. The summed E-state index contributed by atoms with van der Waals surface area (Å²) in [5.74, 6) is 0.598. The van der Waals surface area contributed by atoms with Crippen LogP contribution in [0.25, 0.3) is 0 Å². The van der Waals surface area contributed by atoms with E-state index in [-0.39, 0.29) is 25.2 Å². The van der Waals surface area contributed by atoms with Gasteiger partial charge in [0.05, 0.1) is 22.5 Å². The van der Waals surface area contributed by atoms with E-state index in [1.807, 2.05) is 42.3 Å². The van der Waals surface area contributed by atoms with Crippen LogP contribution in [-0.4, -0.2) is 79.3 Å². The summed E-state index contributed by atoms with van der Waals surface area (Å²) < 4.78 is 5.16. The zero-order chi connectivity index (χ0) is 23.3. The second kappa shape index (κ2) is 11.3. The summed E-state index contributed by atoms with van der Waals surface area (Å²) >= 11 is 12.1. The molecule has 3 rings (SSSR count). The quantitative estimate of drug-likeness (QED) is 0.555. The highest BCUT2D eigenvalue weighted by atomic mass is 35.5. The number of aliphatic hydroxyl groups is 1. The zero-order valence-corrected chi connectivity index (χ0v) is 20.3. The number of carbonyl (C=O) groups is 1. The van der Waals surface area contributed by atoms with Gasteiger partial charge < -0.3 is 19.6 Å². The third-order valence-corrected chi connectivity index (χ3v) is 6.84. The van der Waals surface area contributed by atoms with Gasteiger partial charge in [0, 0.05) is 26.2 Å². The van der Waals surface area contributed by atoms with Gasteiger partial charge in [-0.2, -0.15) is 0 Å². The highest BCUT2D eigenvalue weighted by Gasteiger charge is 2.29. The Hall–Kier alpha value is -1.83. The number of rotatable bonds is 9. The van der Waals surface area contributed by atoms with Crippen molar-refractivity contribution in [3.8, 4) is 5.75 Å². The second-order valence-electron chi connectivity index (χ2n) is 8.45. The number of halogens is 2. The van der Waals surface area contributed by atoms with Gasteiger partial charge >= 0.3 is 0 Å². The van der Waals surface area contributed by atoms with Crippen LogP contribution in [0, 0.1) is 0 Å². The van der Waals surface area contributed by atoms with Crippen LogP contribution in [0.5, 0.6) is 5.75 Å². The molecule has 2 aromatic rings. The lowest BCUT2D eigenvalue weighted by Gasteiger charge is -2.32. The third-order valence-electron chi connectivity index (χ3n) is 6.11. The van der Waals surface area contributed by atoms with Crippen molar-refractivity contribution < 1.29 is 14.6 Å². The molecule has 1 heterocycles. The van der Waals surface area contributed by atoms with E-state index < -0.39 is 0 Å². The maximum Gasteiger partial charge on any atom is 0.227 e. The molecule has 2 atom stereocenters. The van der Waals surface area contributed by atoms with Crippen LogP contribution in [0.15, 0.2) is 42.5 Å². The minimum absolute atomic E-state index is 0.00688. The molecule has 8 heteroatoms. The minimum Gasteiger partial charge on any atom is -0.468 e. The van der Waals surface area contributed by atoms with Crippen molar-refractivity contribution in [2.45, 2.75) is 24.9 Å². The van der Waals surface area contributed by atoms with Gasteiger partial charge in [0.15, 0.2) is 6.79 Å². The molecular weight excluding hydrogens is 449 g/mol. The van der Waals surface area contributed by atoms with Crippen LogP contribution in [0.4, 0.5) is 0 Å². The summed E-state index contributed by atoms with van der Waals surface area (Å²) in [4.78, 5) is 19.7. The smallest absolute Gasteiger partial charge is 0.227 e. The molecule has 1 fully saturated rings. The number of amides is 1. The lowest BCUT2D eigenvalue weighted by molar-refractivity contribution is -0.131. The molecule has 0 aromatic heterocycles. The summed E-state index contributed by atoms with van der Waals surface area (Å²) in [7, 11) is 6.07. The minimum atomic E-state index is -0.371.